The number of guanidine groups is 1. The molecule has 1 aromatic rings. The number of rotatable bonds is 7. The third-order valence-electron chi connectivity index (χ3n) is 4.31. The fraction of sp³-hybridized carbons (Fsp3) is 0.684. The van der Waals surface area contributed by atoms with Crippen LogP contribution in [0.3, 0.4) is 0 Å². The van der Waals surface area contributed by atoms with E-state index in [9.17, 15) is 0 Å². The Labute approximate surface area is 175 Å². The lowest BCUT2D eigenvalue weighted by Crippen LogP contribution is -2.41. The predicted octanol–water partition coefficient (Wildman–Crippen LogP) is 3.03. The number of aliphatic imine (C=N–C) groups is 1. The average molecular weight is 475 g/mol. The summed E-state index contributed by atoms with van der Waals surface area (Å²) in [6, 6.07) is 4.20. The Balaban J connectivity index is 0.00000338. The molecular formula is C19H34IN5O. The van der Waals surface area contributed by atoms with Crippen molar-refractivity contribution in [2.45, 2.75) is 46.3 Å². The highest BCUT2D eigenvalue weighted by Gasteiger charge is 2.17. The molecule has 1 aliphatic rings. The van der Waals surface area contributed by atoms with Crippen LogP contribution in [0.2, 0.25) is 0 Å². The normalized spacial score (nSPS) is 17.8. The van der Waals surface area contributed by atoms with Crippen LogP contribution in [-0.2, 0) is 11.3 Å². The lowest BCUT2D eigenvalue weighted by Gasteiger charge is -2.32. The number of nitrogens with zero attached hydrogens (tertiary/aromatic N) is 3. The van der Waals surface area contributed by atoms with Crippen LogP contribution in [0.25, 0.3) is 0 Å². The highest BCUT2D eigenvalue weighted by atomic mass is 127. The molecule has 0 aliphatic carbocycles. The van der Waals surface area contributed by atoms with E-state index in [2.05, 4.69) is 52.3 Å². The number of anilines is 1. The maximum Gasteiger partial charge on any atom is 0.191 e. The zero-order chi connectivity index (χ0) is 18.1. The second-order valence-electron chi connectivity index (χ2n) is 7.04. The average Bonchev–Trinajstić information content (AvgIpc) is 2.61. The lowest BCUT2D eigenvalue weighted by atomic mass is 10.1. The van der Waals surface area contributed by atoms with Gasteiger partial charge in [-0.2, -0.15) is 0 Å². The van der Waals surface area contributed by atoms with Crippen molar-refractivity contribution >= 4 is 35.8 Å². The van der Waals surface area contributed by atoms with Gasteiger partial charge in [0.15, 0.2) is 5.96 Å². The molecule has 1 aromatic heterocycles. The van der Waals surface area contributed by atoms with Crippen molar-refractivity contribution in [1.82, 2.24) is 15.6 Å². The minimum atomic E-state index is 0. The quantitative estimate of drug-likeness (QED) is 0.275. The molecule has 148 valence electrons. The Hall–Kier alpha value is -1.09. The van der Waals surface area contributed by atoms with Gasteiger partial charge < -0.3 is 20.3 Å². The van der Waals surface area contributed by atoms with Gasteiger partial charge in [-0.25, -0.2) is 4.98 Å². The van der Waals surface area contributed by atoms with Crippen molar-refractivity contribution in [3.8, 4) is 0 Å². The molecule has 26 heavy (non-hydrogen) atoms. The highest BCUT2D eigenvalue weighted by Crippen LogP contribution is 2.16. The minimum Gasteiger partial charge on any atom is -0.375 e. The summed E-state index contributed by atoms with van der Waals surface area (Å²) in [4.78, 5) is 11.1. The van der Waals surface area contributed by atoms with E-state index < -0.39 is 0 Å². The van der Waals surface area contributed by atoms with Crippen LogP contribution in [-0.4, -0.2) is 50.3 Å². The summed E-state index contributed by atoms with van der Waals surface area (Å²) in [5, 5.41) is 6.76. The fourth-order valence-electron chi connectivity index (χ4n) is 2.89. The second-order valence-corrected chi connectivity index (χ2v) is 7.04. The number of nitrogens with one attached hydrogen (secondary N) is 2. The third kappa shape index (κ3) is 8.07. The van der Waals surface area contributed by atoms with Gasteiger partial charge in [0.1, 0.15) is 5.82 Å². The van der Waals surface area contributed by atoms with Gasteiger partial charge in [0.25, 0.3) is 0 Å². The van der Waals surface area contributed by atoms with Gasteiger partial charge in [0, 0.05) is 39.4 Å². The zero-order valence-corrected chi connectivity index (χ0v) is 18.8. The molecule has 2 heterocycles. The van der Waals surface area contributed by atoms with Crippen molar-refractivity contribution < 1.29 is 4.74 Å². The summed E-state index contributed by atoms with van der Waals surface area (Å²) in [5.41, 5.74) is 1.20. The molecule has 0 amide bonds. The molecule has 7 heteroatoms. The predicted molar refractivity (Wildman–Crippen MR) is 120 cm³/mol. The Bertz CT molecular complexity index is 552. The first kappa shape index (κ1) is 23.0. The van der Waals surface area contributed by atoms with E-state index in [0.717, 1.165) is 56.9 Å². The number of halogens is 1. The number of ether oxygens (including phenoxy) is 1. The molecule has 0 bridgehead atoms. The van der Waals surface area contributed by atoms with Crippen LogP contribution in [0, 0.1) is 5.92 Å². The molecule has 1 saturated heterocycles. The second kappa shape index (κ2) is 12.3. The molecule has 1 unspecified atom stereocenters. The van der Waals surface area contributed by atoms with Crippen LogP contribution >= 0.6 is 24.0 Å². The number of hydrogen-bond donors (Lipinski definition) is 2. The molecule has 1 aliphatic heterocycles. The summed E-state index contributed by atoms with van der Waals surface area (Å²) >= 11 is 0. The first-order valence-corrected chi connectivity index (χ1v) is 9.34. The summed E-state index contributed by atoms with van der Waals surface area (Å²) in [6.45, 7) is 10.8. The number of pyridine rings is 1. The van der Waals surface area contributed by atoms with E-state index in [1.807, 2.05) is 19.3 Å². The van der Waals surface area contributed by atoms with Crippen LogP contribution in [0.15, 0.2) is 23.3 Å². The molecule has 6 nitrogen and oxygen atoms in total. The summed E-state index contributed by atoms with van der Waals surface area (Å²) in [5.74, 6) is 2.62. The van der Waals surface area contributed by atoms with E-state index >= 15 is 0 Å². The molecular weight excluding hydrogens is 441 g/mol. The van der Waals surface area contributed by atoms with Gasteiger partial charge in [-0.15, -0.1) is 24.0 Å². The van der Waals surface area contributed by atoms with Crippen molar-refractivity contribution in [3.63, 3.8) is 0 Å². The Kier molecular flexibility index (Phi) is 10.9. The molecule has 0 spiro atoms. The highest BCUT2D eigenvalue weighted by molar-refractivity contribution is 14.0. The number of hydrogen-bond acceptors (Lipinski definition) is 4. The first-order chi connectivity index (χ1) is 12.1. The van der Waals surface area contributed by atoms with E-state index in [4.69, 9.17) is 4.74 Å². The first-order valence-electron chi connectivity index (χ1n) is 9.34. The summed E-state index contributed by atoms with van der Waals surface area (Å²) in [7, 11) is 1.81. The third-order valence-corrected chi connectivity index (χ3v) is 4.31. The van der Waals surface area contributed by atoms with Crippen molar-refractivity contribution in [3.05, 3.63) is 23.9 Å². The van der Waals surface area contributed by atoms with Gasteiger partial charge in [-0.3, -0.25) is 4.99 Å². The minimum absolute atomic E-state index is 0. The molecule has 2 N–H and O–H groups in total. The van der Waals surface area contributed by atoms with Crippen LogP contribution in [0.4, 0.5) is 5.82 Å². The zero-order valence-electron chi connectivity index (χ0n) is 16.5. The van der Waals surface area contributed by atoms with Gasteiger partial charge in [-0.1, -0.05) is 13.8 Å². The maximum atomic E-state index is 5.61. The van der Waals surface area contributed by atoms with E-state index in [0.29, 0.717) is 0 Å². The smallest absolute Gasteiger partial charge is 0.191 e. The topological polar surface area (TPSA) is 61.8 Å². The van der Waals surface area contributed by atoms with Gasteiger partial charge >= 0.3 is 0 Å². The summed E-state index contributed by atoms with van der Waals surface area (Å²) < 4.78 is 5.61. The van der Waals surface area contributed by atoms with Crippen LogP contribution < -0.4 is 15.5 Å². The van der Waals surface area contributed by atoms with Crippen LogP contribution in [0.1, 0.15) is 39.2 Å². The number of aromatic nitrogens is 1. The number of morpholine rings is 1. The van der Waals surface area contributed by atoms with Crippen molar-refractivity contribution in [2.75, 3.05) is 38.2 Å². The van der Waals surface area contributed by atoms with E-state index in [-0.39, 0.29) is 30.1 Å². The Morgan fingerprint density at radius 3 is 2.92 bits per heavy atom. The monoisotopic (exact) mass is 475 g/mol. The Morgan fingerprint density at radius 1 is 1.42 bits per heavy atom. The van der Waals surface area contributed by atoms with Crippen molar-refractivity contribution in [1.29, 1.82) is 0 Å². The largest absolute Gasteiger partial charge is 0.375 e. The van der Waals surface area contributed by atoms with Gasteiger partial charge in [0.2, 0.25) is 0 Å². The Morgan fingerprint density at radius 2 is 2.23 bits per heavy atom. The van der Waals surface area contributed by atoms with Gasteiger partial charge in [-0.05, 0) is 43.4 Å². The molecule has 2 rings (SSSR count). The summed E-state index contributed by atoms with van der Waals surface area (Å²) in [6.07, 6.45) is 4.53. The van der Waals surface area contributed by atoms with E-state index in [1.54, 1.807) is 0 Å². The lowest BCUT2D eigenvalue weighted by molar-refractivity contribution is 0.0529. The molecule has 0 saturated carbocycles. The molecule has 0 aromatic carbocycles. The van der Waals surface area contributed by atoms with Crippen LogP contribution in [0.5, 0.6) is 0 Å². The maximum absolute atomic E-state index is 5.61. The SMILES string of the molecule is CN=C(NCCCC(C)C)NCc1ccnc(N2CCOC(C)C2)c1.I. The van der Waals surface area contributed by atoms with Crippen molar-refractivity contribution in [2.24, 2.45) is 10.9 Å². The fourth-order valence-corrected chi connectivity index (χ4v) is 2.89. The molecule has 0 radical (unpaired) electrons. The molecule has 1 atom stereocenters. The molecule has 1 fully saturated rings. The van der Waals surface area contributed by atoms with E-state index in [1.165, 1.54) is 12.0 Å². The van der Waals surface area contributed by atoms with Gasteiger partial charge in [0.05, 0.1) is 12.7 Å². The standard InChI is InChI=1S/C19H33N5O.HI/c1-15(2)6-5-8-22-19(20-4)23-13-17-7-9-21-18(12-17)24-10-11-25-16(3)14-24;/h7,9,12,15-16H,5-6,8,10-11,13-14H2,1-4H3,(H2,20,22,23);1H.